The minimum Gasteiger partial charge on any atom is -0.488 e. The van der Waals surface area contributed by atoms with Crippen LogP contribution in [0.3, 0.4) is 0 Å². The van der Waals surface area contributed by atoms with Gasteiger partial charge in [0.1, 0.15) is 12.4 Å². The maximum atomic E-state index is 6.12. The van der Waals surface area contributed by atoms with E-state index in [0.29, 0.717) is 27.2 Å². The maximum Gasteiger partial charge on any atom is 0.124 e. The molecule has 0 bridgehead atoms. The molecule has 2 aromatic carbocycles. The lowest BCUT2D eigenvalue weighted by molar-refractivity contribution is 0.303. The van der Waals surface area contributed by atoms with Crippen LogP contribution in [0, 0.1) is 0 Å². The smallest absolute Gasteiger partial charge is 0.124 e. The fourth-order valence-corrected chi connectivity index (χ4v) is 2.32. The molecule has 0 aliphatic carbocycles. The first kappa shape index (κ1) is 14.5. The van der Waals surface area contributed by atoms with E-state index in [-0.39, 0.29) is 6.61 Å². The molecule has 5 heteroatoms. The summed E-state index contributed by atoms with van der Waals surface area (Å²) in [5, 5.41) is 1.40. The Kier molecular flexibility index (Phi) is 4.94. The average Bonchev–Trinajstić information content (AvgIpc) is 2.43. The van der Waals surface area contributed by atoms with Crippen LogP contribution in [0.4, 0.5) is 0 Å². The molecule has 0 aromatic heterocycles. The van der Waals surface area contributed by atoms with Crippen molar-refractivity contribution in [2.45, 2.75) is 13.2 Å². The summed E-state index contributed by atoms with van der Waals surface area (Å²) < 4.78 is 5.72. The first-order chi connectivity index (χ1) is 9.13. The van der Waals surface area contributed by atoms with E-state index in [9.17, 15) is 0 Å². The van der Waals surface area contributed by atoms with E-state index in [1.165, 1.54) is 0 Å². The topological polar surface area (TPSA) is 35.2 Å². The van der Waals surface area contributed by atoms with Crippen LogP contribution in [-0.2, 0) is 13.2 Å². The quantitative estimate of drug-likeness (QED) is 0.831. The van der Waals surface area contributed by atoms with Crippen molar-refractivity contribution in [2.24, 2.45) is 5.73 Å². The van der Waals surface area contributed by atoms with E-state index in [1.807, 2.05) is 24.3 Å². The summed E-state index contributed by atoms with van der Waals surface area (Å²) in [7, 11) is 0. The molecule has 0 heterocycles. The highest BCUT2D eigenvalue weighted by atomic mass is 35.5. The number of halogens is 3. The number of hydrogen-bond donors (Lipinski definition) is 1. The third-order valence-electron chi connectivity index (χ3n) is 2.70. The minimum absolute atomic E-state index is 0.245. The summed E-state index contributed by atoms with van der Waals surface area (Å²) in [5.74, 6) is 0.720. The fraction of sp³-hybridized carbons (Fsp3) is 0.143. The predicted octanol–water partition coefficient (Wildman–Crippen LogP) is 4.68. The van der Waals surface area contributed by atoms with Gasteiger partial charge in [-0.25, -0.2) is 0 Å². The minimum atomic E-state index is 0.245. The van der Waals surface area contributed by atoms with Gasteiger partial charge in [-0.05, 0) is 18.2 Å². The molecule has 0 unspecified atom stereocenters. The van der Waals surface area contributed by atoms with Gasteiger partial charge in [0.15, 0.2) is 0 Å². The van der Waals surface area contributed by atoms with Crippen LogP contribution in [0.5, 0.6) is 5.75 Å². The lowest BCUT2D eigenvalue weighted by Gasteiger charge is -2.12. The number of para-hydroxylation sites is 1. The van der Waals surface area contributed by atoms with Crippen molar-refractivity contribution < 1.29 is 4.74 Å². The average molecular weight is 317 g/mol. The predicted molar refractivity (Wildman–Crippen MR) is 80.1 cm³/mol. The second kappa shape index (κ2) is 6.49. The van der Waals surface area contributed by atoms with Crippen LogP contribution in [0.2, 0.25) is 15.1 Å². The molecule has 0 aliphatic heterocycles. The Labute approximate surface area is 127 Å². The van der Waals surface area contributed by atoms with Gasteiger partial charge in [-0.1, -0.05) is 53.0 Å². The lowest BCUT2D eigenvalue weighted by Crippen LogP contribution is -2.03. The van der Waals surface area contributed by atoms with Gasteiger partial charge >= 0.3 is 0 Å². The summed E-state index contributed by atoms with van der Waals surface area (Å²) in [6.45, 7) is 0.655. The van der Waals surface area contributed by atoms with Crippen LogP contribution in [-0.4, -0.2) is 0 Å². The van der Waals surface area contributed by atoms with Crippen molar-refractivity contribution >= 4 is 34.8 Å². The van der Waals surface area contributed by atoms with Crippen molar-refractivity contribution in [1.82, 2.24) is 0 Å². The molecule has 100 valence electrons. The number of ether oxygens (including phenoxy) is 1. The van der Waals surface area contributed by atoms with E-state index in [2.05, 4.69) is 0 Å². The highest BCUT2D eigenvalue weighted by molar-refractivity contribution is 6.44. The number of nitrogens with two attached hydrogens (primary N) is 1. The third-order valence-corrected chi connectivity index (χ3v) is 3.90. The van der Waals surface area contributed by atoms with E-state index < -0.39 is 0 Å². The largest absolute Gasteiger partial charge is 0.488 e. The number of rotatable bonds is 4. The molecule has 0 amide bonds. The van der Waals surface area contributed by atoms with Crippen molar-refractivity contribution in [3.63, 3.8) is 0 Å². The summed E-state index contributed by atoms with van der Waals surface area (Å²) in [6.07, 6.45) is 0. The number of hydrogen-bond acceptors (Lipinski definition) is 2. The summed E-state index contributed by atoms with van der Waals surface area (Å²) >= 11 is 18.2. The maximum absolute atomic E-state index is 6.12. The van der Waals surface area contributed by atoms with E-state index in [4.69, 9.17) is 45.3 Å². The first-order valence-electron chi connectivity index (χ1n) is 5.66. The van der Waals surface area contributed by atoms with E-state index in [0.717, 1.165) is 11.3 Å². The molecule has 19 heavy (non-hydrogen) atoms. The van der Waals surface area contributed by atoms with Crippen LogP contribution in [0.1, 0.15) is 11.1 Å². The second-order valence-electron chi connectivity index (χ2n) is 3.92. The van der Waals surface area contributed by atoms with Gasteiger partial charge in [-0.3, -0.25) is 0 Å². The Morgan fingerprint density at radius 1 is 0.947 bits per heavy atom. The molecular weight excluding hydrogens is 305 g/mol. The normalized spacial score (nSPS) is 10.5. The van der Waals surface area contributed by atoms with Crippen LogP contribution in [0.15, 0.2) is 36.4 Å². The zero-order chi connectivity index (χ0) is 13.8. The Morgan fingerprint density at radius 3 is 2.37 bits per heavy atom. The van der Waals surface area contributed by atoms with Gasteiger partial charge in [-0.15, -0.1) is 0 Å². The Balaban J connectivity index is 2.21. The van der Waals surface area contributed by atoms with E-state index >= 15 is 0 Å². The second-order valence-corrected chi connectivity index (χ2v) is 5.11. The first-order valence-corrected chi connectivity index (χ1v) is 6.80. The molecule has 2 aromatic rings. The zero-order valence-electron chi connectivity index (χ0n) is 10.00. The molecular formula is C14H12Cl3NO. The summed E-state index contributed by atoms with van der Waals surface area (Å²) in [5.41, 5.74) is 7.25. The molecule has 0 saturated carbocycles. The summed E-state index contributed by atoms with van der Waals surface area (Å²) in [4.78, 5) is 0. The monoisotopic (exact) mass is 315 g/mol. The molecule has 0 aliphatic rings. The molecule has 0 saturated heterocycles. The molecule has 2 nitrogen and oxygen atoms in total. The van der Waals surface area contributed by atoms with E-state index in [1.54, 1.807) is 12.1 Å². The van der Waals surface area contributed by atoms with Gasteiger partial charge in [0.2, 0.25) is 0 Å². The van der Waals surface area contributed by atoms with Gasteiger partial charge < -0.3 is 10.5 Å². The number of benzene rings is 2. The van der Waals surface area contributed by atoms with Crippen LogP contribution < -0.4 is 10.5 Å². The van der Waals surface area contributed by atoms with Crippen LogP contribution in [0.25, 0.3) is 0 Å². The fourth-order valence-electron chi connectivity index (χ4n) is 1.66. The molecule has 2 rings (SSSR count). The lowest BCUT2D eigenvalue weighted by atomic mass is 10.2. The summed E-state index contributed by atoms with van der Waals surface area (Å²) in [6, 6.07) is 10.9. The SMILES string of the molecule is NCc1ccccc1OCc1c(Cl)ccc(Cl)c1Cl. The van der Waals surface area contributed by atoms with Gasteiger partial charge in [0.05, 0.1) is 10.0 Å². The highest BCUT2D eigenvalue weighted by Crippen LogP contribution is 2.32. The van der Waals surface area contributed by atoms with Gasteiger partial charge in [-0.2, -0.15) is 0 Å². The zero-order valence-corrected chi connectivity index (χ0v) is 12.3. The standard InChI is InChI=1S/C14H12Cl3NO/c15-11-5-6-12(16)14(17)10(11)8-19-13-4-2-1-3-9(13)7-18/h1-6H,7-8,18H2. The van der Waals surface area contributed by atoms with Crippen molar-refractivity contribution in [2.75, 3.05) is 0 Å². The molecule has 0 atom stereocenters. The highest BCUT2D eigenvalue weighted by Gasteiger charge is 2.11. The Bertz CT molecular complexity index is 587. The van der Waals surface area contributed by atoms with Gasteiger partial charge in [0, 0.05) is 22.7 Å². The van der Waals surface area contributed by atoms with Crippen molar-refractivity contribution in [3.05, 3.63) is 62.6 Å². The third kappa shape index (κ3) is 3.34. The van der Waals surface area contributed by atoms with Gasteiger partial charge in [0.25, 0.3) is 0 Å². The van der Waals surface area contributed by atoms with Crippen molar-refractivity contribution in [3.8, 4) is 5.75 Å². The van der Waals surface area contributed by atoms with Crippen LogP contribution >= 0.6 is 34.8 Å². The molecule has 2 N–H and O–H groups in total. The Hall–Kier alpha value is -0.930. The molecule has 0 fully saturated rings. The van der Waals surface area contributed by atoms with Crippen molar-refractivity contribution in [1.29, 1.82) is 0 Å². The molecule has 0 radical (unpaired) electrons. The molecule has 0 spiro atoms. The Morgan fingerprint density at radius 2 is 1.63 bits per heavy atom.